The van der Waals surface area contributed by atoms with Crippen LogP contribution in [0.4, 0.5) is 20.2 Å². The molecule has 0 bridgehead atoms. The van der Waals surface area contributed by atoms with Crippen molar-refractivity contribution in [3.8, 4) is 0 Å². The highest BCUT2D eigenvalue weighted by Gasteiger charge is 2.28. The molecule has 1 heterocycles. The molecule has 7 heteroatoms. The molecule has 5 nitrogen and oxygen atoms in total. The van der Waals surface area contributed by atoms with Gasteiger partial charge in [0, 0.05) is 43.0 Å². The molecule has 104 valence electrons. The van der Waals surface area contributed by atoms with Gasteiger partial charge in [-0.15, -0.1) is 0 Å². The van der Waals surface area contributed by atoms with Crippen molar-refractivity contribution >= 4 is 11.4 Å². The number of non-ortho nitro benzene ring substituents is 1. The van der Waals surface area contributed by atoms with Crippen molar-refractivity contribution in [1.29, 1.82) is 0 Å². The summed E-state index contributed by atoms with van der Waals surface area (Å²) in [5.74, 6) is 0. The lowest BCUT2D eigenvalue weighted by molar-refractivity contribution is -0.385. The monoisotopic (exact) mass is 271 g/mol. The minimum atomic E-state index is -2.73. The van der Waals surface area contributed by atoms with E-state index in [-0.39, 0.29) is 17.3 Å². The molecule has 1 aromatic carbocycles. The summed E-state index contributed by atoms with van der Waals surface area (Å²) in [5, 5.41) is 13.8. The quantitative estimate of drug-likeness (QED) is 0.659. The van der Waals surface area contributed by atoms with E-state index in [9.17, 15) is 18.9 Å². The molecule has 0 aliphatic carbocycles. The predicted octanol–water partition coefficient (Wildman–Crippen LogP) is 2.33. The van der Waals surface area contributed by atoms with Gasteiger partial charge in [-0.05, 0) is 13.0 Å². The third-order valence-corrected chi connectivity index (χ3v) is 3.31. The SMILES string of the molecule is CCN(c1ccc([N+](=O)[O-])cc1C(F)F)C1CNC1. The number of anilines is 1. The van der Waals surface area contributed by atoms with Gasteiger partial charge >= 0.3 is 0 Å². The summed E-state index contributed by atoms with van der Waals surface area (Å²) in [6.45, 7) is 3.96. The van der Waals surface area contributed by atoms with Gasteiger partial charge in [0.1, 0.15) is 0 Å². The molecule has 1 saturated heterocycles. The van der Waals surface area contributed by atoms with Crippen LogP contribution in [0.25, 0.3) is 0 Å². The van der Waals surface area contributed by atoms with Crippen molar-refractivity contribution in [3.63, 3.8) is 0 Å². The molecule has 1 aliphatic heterocycles. The van der Waals surface area contributed by atoms with Crippen molar-refractivity contribution in [3.05, 3.63) is 33.9 Å². The van der Waals surface area contributed by atoms with Crippen LogP contribution >= 0.6 is 0 Å². The van der Waals surface area contributed by atoms with Crippen LogP contribution in [0.1, 0.15) is 18.9 Å². The highest BCUT2D eigenvalue weighted by atomic mass is 19.3. The molecule has 0 radical (unpaired) electrons. The zero-order chi connectivity index (χ0) is 14.0. The lowest BCUT2D eigenvalue weighted by Gasteiger charge is -2.40. The van der Waals surface area contributed by atoms with Gasteiger partial charge in [-0.25, -0.2) is 8.78 Å². The summed E-state index contributed by atoms with van der Waals surface area (Å²) < 4.78 is 26.2. The average molecular weight is 271 g/mol. The number of likely N-dealkylation sites (N-methyl/N-ethyl adjacent to an activating group) is 1. The Kier molecular flexibility index (Phi) is 3.94. The molecule has 0 saturated carbocycles. The average Bonchev–Trinajstić information content (AvgIpc) is 2.32. The molecule has 1 fully saturated rings. The summed E-state index contributed by atoms with van der Waals surface area (Å²) in [4.78, 5) is 11.9. The molecular weight excluding hydrogens is 256 g/mol. The Bertz CT molecular complexity index is 478. The molecule has 1 aromatic rings. The second-order valence-electron chi connectivity index (χ2n) is 4.40. The Balaban J connectivity index is 2.39. The zero-order valence-corrected chi connectivity index (χ0v) is 10.5. The van der Waals surface area contributed by atoms with E-state index < -0.39 is 11.3 Å². The Morgan fingerprint density at radius 2 is 2.21 bits per heavy atom. The minimum absolute atomic E-state index is 0.170. The van der Waals surface area contributed by atoms with Gasteiger partial charge < -0.3 is 10.2 Å². The fourth-order valence-corrected chi connectivity index (χ4v) is 2.21. The number of nitro benzene ring substituents is 1. The van der Waals surface area contributed by atoms with Crippen LogP contribution in [0.15, 0.2) is 18.2 Å². The molecule has 0 aromatic heterocycles. The van der Waals surface area contributed by atoms with Crippen LogP contribution in [0.5, 0.6) is 0 Å². The van der Waals surface area contributed by atoms with E-state index in [4.69, 9.17) is 0 Å². The van der Waals surface area contributed by atoms with E-state index in [0.29, 0.717) is 12.2 Å². The Morgan fingerprint density at radius 1 is 1.53 bits per heavy atom. The van der Waals surface area contributed by atoms with Crippen LogP contribution < -0.4 is 10.2 Å². The van der Waals surface area contributed by atoms with Crippen molar-refractivity contribution in [2.24, 2.45) is 0 Å². The van der Waals surface area contributed by atoms with Crippen molar-refractivity contribution in [1.82, 2.24) is 5.32 Å². The summed E-state index contributed by atoms with van der Waals surface area (Å²) in [6.07, 6.45) is -2.73. The van der Waals surface area contributed by atoms with Gasteiger partial charge in [0.05, 0.1) is 11.0 Å². The number of nitrogens with one attached hydrogen (secondary N) is 1. The molecule has 1 aliphatic rings. The lowest BCUT2D eigenvalue weighted by atomic mass is 10.1. The van der Waals surface area contributed by atoms with Crippen LogP contribution in [-0.4, -0.2) is 30.6 Å². The van der Waals surface area contributed by atoms with Crippen LogP contribution in [0.3, 0.4) is 0 Å². The number of benzene rings is 1. The first kappa shape index (κ1) is 13.7. The lowest BCUT2D eigenvalue weighted by Crippen LogP contribution is -2.57. The second-order valence-corrected chi connectivity index (χ2v) is 4.40. The number of halogens is 2. The third kappa shape index (κ3) is 2.65. The minimum Gasteiger partial charge on any atom is -0.366 e. The van der Waals surface area contributed by atoms with E-state index >= 15 is 0 Å². The van der Waals surface area contributed by atoms with Gasteiger partial charge in [-0.3, -0.25) is 10.1 Å². The number of rotatable bonds is 5. The van der Waals surface area contributed by atoms with Crippen molar-refractivity contribution < 1.29 is 13.7 Å². The molecule has 0 atom stereocenters. The predicted molar refractivity (Wildman–Crippen MR) is 67.7 cm³/mol. The molecular formula is C12H15F2N3O2. The molecule has 19 heavy (non-hydrogen) atoms. The molecule has 0 amide bonds. The fraction of sp³-hybridized carbons (Fsp3) is 0.500. The third-order valence-electron chi connectivity index (χ3n) is 3.31. The summed E-state index contributed by atoms with van der Waals surface area (Å²) in [5.41, 5.74) is -0.195. The van der Waals surface area contributed by atoms with Gasteiger partial charge in [-0.2, -0.15) is 0 Å². The van der Waals surface area contributed by atoms with Gasteiger partial charge in [0.15, 0.2) is 0 Å². The highest BCUT2D eigenvalue weighted by molar-refractivity contribution is 5.59. The Morgan fingerprint density at radius 3 is 2.63 bits per heavy atom. The topological polar surface area (TPSA) is 58.4 Å². The van der Waals surface area contributed by atoms with Crippen LogP contribution in [0, 0.1) is 10.1 Å². The van der Waals surface area contributed by atoms with E-state index in [1.165, 1.54) is 12.1 Å². The maximum Gasteiger partial charge on any atom is 0.270 e. The molecule has 0 unspecified atom stereocenters. The Hall–Kier alpha value is -1.76. The largest absolute Gasteiger partial charge is 0.366 e. The van der Waals surface area contributed by atoms with Gasteiger partial charge in [0.25, 0.3) is 12.1 Å². The summed E-state index contributed by atoms with van der Waals surface area (Å²) in [7, 11) is 0. The van der Waals surface area contributed by atoms with Crippen LogP contribution in [0.2, 0.25) is 0 Å². The molecule has 1 N–H and O–H groups in total. The fourth-order valence-electron chi connectivity index (χ4n) is 2.21. The first-order chi connectivity index (χ1) is 9.04. The van der Waals surface area contributed by atoms with Gasteiger partial charge in [-0.1, -0.05) is 0 Å². The number of alkyl halides is 2. The summed E-state index contributed by atoms with van der Waals surface area (Å²) in [6, 6.07) is 3.83. The summed E-state index contributed by atoms with van der Waals surface area (Å²) >= 11 is 0. The van der Waals surface area contributed by atoms with Crippen molar-refractivity contribution in [2.45, 2.75) is 19.4 Å². The smallest absolute Gasteiger partial charge is 0.270 e. The normalized spacial score (nSPS) is 15.4. The molecule has 2 rings (SSSR count). The first-order valence-corrected chi connectivity index (χ1v) is 6.08. The van der Waals surface area contributed by atoms with Crippen LogP contribution in [-0.2, 0) is 0 Å². The highest BCUT2D eigenvalue weighted by Crippen LogP contribution is 2.34. The van der Waals surface area contributed by atoms with E-state index in [1.807, 2.05) is 11.8 Å². The molecule has 0 spiro atoms. The van der Waals surface area contributed by atoms with Gasteiger partial charge in [0.2, 0.25) is 0 Å². The van der Waals surface area contributed by atoms with E-state index in [0.717, 1.165) is 19.2 Å². The maximum atomic E-state index is 13.1. The zero-order valence-electron chi connectivity index (χ0n) is 10.5. The number of hydrogen-bond donors (Lipinski definition) is 1. The number of nitrogens with zero attached hydrogens (tertiary/aromatic N) is 2. The van der Waals surface area contributed by atoms with E-state index in [1.54, 1.807) is 0 Å². The number of hydrogen-bond acceptors (Lipinski definition) is 4. The number of nitro groups is 1. The Labute approximate surface area is 109 Å². The van der Waals surface area contributed by atoms with E-state index in [2.05, 4.69) is 5.32 Å². The standard InChI is InChI=1S/C12H15F2N3O2/c1-2-16(9-6-15-7-9)11-4-3-8(17(18)19)5-10(11)12(13)14/h3-5,9,12,15H,2,6-7H2,1H3. The second kappa shape index (κ2) is 5.48. The first-order valence-electron chi connectivity index (χ1n) is 6.08. The maximum absolute atomic E-state index is 13.1. The van der Waals surface area contributed by atoms with Crippen molar-refractivity contribution in [2.75, 3.05) is 24.5 Å².